The predicted octanol–water partition coefficient (Wildman–Crippen LogP) is 2.57. The van der Waals surface area contributed by atoms with E-state index in [0.717, 1.165) is 5.56 Å². The summed E-state index contributed by atoms with van der Waals surface area (Å²) in [4.78, 5) is 18.4. The van der Waals surface area contributed by atoms with Gasteiger partial charge in [0, 0.05) is 6.42 Å². The summed E-state index contributed by atoms with van der Waals surface area (Å²) in [5.74, 6) is 0.236. The van der Waals surface area contributed by atoms with E-state index in [9.17, 15) is 9.18 Å². The van der Waals surface area contributed by atoms with E-state index in [-0.39, 0.29) is 11.4 Å². The largest absolute Gasteiger partial charge is 0.309 e. The summed E-state index contributed by atoms with van der Waals surface area (Å²) in [6.45, 7) is 1.74. The molecule has 1 aromatic carbocycles. The standard InChI is InChI=1S/C12H10BrFN2O/c1-7-11(13)12(17)16-10(15-7)6-8-3-2-4-9(14)5-8/h2-5H,6H2,1H3,(H,15,16,17). The van der Waals surface area contributed by atoms with E-state index in [4.69, 9.17) is 0 Å². The van der Waals surface area contributed by atoms with E-state index in [1.165, 1.54) is 12.1 Å². The van der Waals surface area contributed by atoms with Gasteiger partial charge in [0.25, 0.3) is 5.56 Å². The minimum absolute atomic E-state index is 0.219. The molecule has 0 unspecified atom stereocenters. The first kappa shape index (κ1) is 12.0. The zero-order chi connectivity index (χ0) is 12.4. The van der Waals surface area contributed by atoms with E-state index in [2.05, 4.69) is 25.9 Å². The summed E-state index contributed by atoms with van der Waals surface area (Å²) in [5.41, 5.74) is 1.18. The average Bonchev–Trinajstić information content (AvgIpc) is 2.26. The van der Waals surface area contributed by atoms with Gasteiger partial charge in [-0.05, 0) is 40.5 Å². The minimum Gasteiger partial charge on any atom is -0.309 e. The molecule has 0 amide bonds. The predicted molar refractivity (Wildman–Crippen MR) is 66.5 cm³/mol. The number of nitrogens with one attached hydrogen (secondary N) is 1. The van der Waals surface area contributed by atoms with Crippen molar-refractivity contribution in [2.45, 2.75) is 13.3 Å². The Bertz CT molecular complexity index is 610. The SMILES string of the molecule is Cc1nc(Cc2cccc(F)c2)[nH]c(=O)c1Br. The van der Waals surface area contributed by atoms with Gasteiger partial charge >= 0.3 is 0 Å². The van der Waals surface area contributed by atoms with Crippen LogP contribution in [0.25, 0.3) is 0 Å². The molecule has 0 aliphatic carbocycles. The molecule has 17 heavy (non-hydrogen) atoms. The average molecular weight is 297 g/mol. The summed E-state index contributed by atoms with van der Waals surface area (Å²) < 4.78 is 13.4. The van der Waals surface area contributed by atoms with Crippen molar-refractivity contribution in [1.29, 1.82) is 0 Å². The molecule has 0 bridgehead atoms. The Kier molecular flexibility index (Phi) is 3.38. The molecule has 0 radical (unpaired) electrons. The maximum Gasteiger partial charge on any atom is 0.265 e. The smallest absolute Gasteiger partial charge is 0.265 e. The van der Waals surface area contributed by atoms with Gasteiger partial charge in [0.05, 0.1) is 5.69 Å². The maximum absolute atomic E-state index is 13.0. The van der Waals surface area contributed by atoms with E-state index in [0.29, 0.717) is 22.4 Å². The van der Waals surface area contributed by atoms with Crippen molar-refractivity contribution in [3.63, 3.8) is 0 Å². The van der Waals surface area contributed by atoms with Crippen LogP contribution < -0.4 is 5.56 Å². The van der Waals surface area contributed by atoms with Crippen LogP contribution in [0.15, 0.2) is 33.5 Å². The van der Waals surface area contributed by atoms with Crippen molar-refractivity contribution in [1.82, 2.24) is 9.97 Å². The third-order valence-electron chi connectivity index (χ3n) is 2.34. The van der Waals surface area contributed by atoms with Crippen LogP contribution in [0.4, 0.5) is 4.39 Å². The van der Waals surface area contributed by atoms with E-state index < -0.39 is 0 Å². The van der Waals surface area contributed by atoms with Crippen LogP contribution in [-0.2, 0) is 6.42 Å². The normalized spacial score (nSPS) is 10.5. The lowest BCUT2D eigenvalue weighted by molar-refractivity contribution is 0.625. The fourth-order valence-corrected chi connectivity index (χ4v) is 1.74. The van der Waals surface area contributed by atoms with Crippen molar-refractivity contribution >= 4 is 15.9 Å². The highest BCUT2D eigenvalue weighted by atomic mass is 79.9. The Morgan fingerprint density at radius 2 is 2.24 bits per heavy atom. The van der Waals surface area contributed by atoms with Gasteiger partial charge in [-0.15, -0.1) is 0 Å². The molecule has 0 aliphatic rings. The number of benzene rings is 1. The van der Waals surface area contributed by atoms with Gasteiger partial charge in [0.1, 0.15) is 16.1 Å². The second-order valence-electron chi connectivity index (χ2n) is 3.72. The molecule has 3 nitrogen and oxygen atoms in total. The van der Waals surface area contributed by atoms with Gasteiger partial charge in [-0.3, -0.25) is 4.79 Å². The van der Waals surface area contributed by atoms with Crippen molar-refractivity contribution < 1.29 is 4.39 Å². The first-order valence-electron chi connectivity index (χ1n) is 5.06. The molecule has 0 saturated carbocycles. The monoisotopic (exact) mass is 296 g/mol. The molecular weight excluding hydrogens is 287 g/mol. The summed E-state index contributed by atoms with van der Waals surface area (Å²) in [5, 5.41) is 0. The number of H-pyrrole nitrogens is 1. The molecule has 88 valence electrons. The Labute approximate surface area is 106 Å². The van der Waals surface area contributed by atoms with Crippen LogP contribution in [0.3, 0.4) is 0 Å². The summed E-state index contributed by atoms with van der Waals surface area (Å²) in [6, 6.07) is 6.23. The summed E-state index contributed by atoms with van der Waals surface area (Å²) in [6.07, 6.45) is 0.404. The third kappa shape index (κ3) is 2.79. The van der Waals surface area contributed by atoms with Crippen molar-refractivity contribution in [3.8, 4) is 0 Å². The van der Waals surface area contributed by atoms with Gasteiger partial charge in [-0.1, -0.05) is 12.1 Å². The molecule has 5 heteroatoms. The van der Waals surface area contributed by atoms with Gasteiger partial charge in [0.2, 0.25) is 0 Å². The fourth-order valence-electron chi connectivity index (χ4n) is 1.55. The fraction of sp³-hybridized carbons (Fsp3) is 0.167. The van der Waals surface area contributed by atoms with Crippen LogP contribution >= 0.6 is 15.9 Å². The Morgan fingerprint density at radius 3 is 2.88 bits per heavy atom. The summed E-state index contributed by atoms with van der Waals surface area (Å²) in [7, 11) is 0. The number of aromatic nitrogens is 2. The number of hydrogen-bond acceptors (Lipinski definition) is 2. The second kappa shape index (κ2) is 4.79. The minimum atomic E-state index is -0.293. The van der Waals surface area contributed by atoms with Gasteiger partial charge in [0.15, 0.2) is 0 Å². The Morgan fingerprint density at radius 1 is 1.47 bits per heavy atom. The second-order valence-corrected chi connectivity index (χ2v) is 4.51. The molecule has 1 N–H and O–H groups in total. The van der Waals surface area contributed by atoms with Crippen LogP contribution in [0.1, 0.15) is 17.1 Å². The lowest BCUT2D eigenvalue weighted by Gasteiger charge is -2.03. The molecule has 0 spiro atoms. The highest BCUT2D eigenvalue weighted by molar-refractivity contribution is 9.10. The highest BCUT2D eigenvalue weighted by Crippen LogP contribution is 2.10. The Hall–Kier alpha value is -1.49. The zero-order valence-corrected chi connectivity index (χ0v) is 10.7. The molecule has 0 fully saturated rings. The quantitative estimate of drug-likeness (QED) is 0.926. The van der Waals surface area contributed by atoms with E-state index in [1.807, 2.05) is 0 Å². The van der Waals surface area contributed by atoms with Crippen LogP contribution in [0.2, 0.25) is 0 Å². The van der Waals surface area contributed by atoms with Crippen molar-refractivity contribution in [2.75, 3.05) is 0 Å². The topological polar surface area (TPSA) is 45.8 Å². The van der Waals surface area contributed by atoms with Crippen molar-refractivity contribution in [2.24, 2.45) is 0 Å². The lowest BCUT2D eigenvalue weighted by Crippen LogP contribution is -2.14. The van der Waals surface area contributed by atoms with E-state index in [1.54, 1.807) is 19.1 Å². The molecule has 1 heterocycles. The molecule has 0 aliphatic heterocycles. The molecule has 0 saturated heterocycles. The summed E-state index contributed by atoms with van der Waals surface area (Å²) >= 11 is 3.14. The highest BCUT2D eigenvalue weighted by Gasteiger charge is 2.06. The molecule has 2 aromatic rings. The maximum atomic E-state index is 13.0. The number of rotatable bonds is 2. The third-order valence-corrected chi connectivity index (χ3v) is 3.27. The van der Waals surface area contributed by atoms with Gasteiger partial charge < -0.3 is 4.98 Å². The number of halogens is 2. The molecular formula is C12H10BrFN2O. The van der Waals surface area contributed by atoms with Gasteiger partial charge in [-0.2, -0.15) is 0 Å². The van der Waals surface area contributed by atoms with Crippen molar-refractivity contribution in [3.05, 3.63) is 62.0 Å². The van der Waals surface area contributed by atoms with Crippen LogP contribution in [0.5, 0.6) is 0 Å². The number of aryl methyl sites for hydroxylation is 1. The molecule has 1 aromatic heterocycles. The van der Waals surface area contributed by atoms with Gasteiger partial charge in [-0.25, -0.2) is 9.37 Å². The Balaban J connectivity index is 2.34. The number of nitrogens with zero attached hydrogens (tertiary/aromatic N) is 1. The van der Waals surface area contributed by atoms with Crippen LogP contribution in [0, 0.1) is 12.7 Å². The zero-order valence-electron chi connectivity index (χ0n) is 9.13. The molecule has 0 atom stereocenters. The molecule has 2 rings (SSSR count). The van der Waals surface area contributed by atoms with E-state index >= 15 is 0 Å². The first-order valence-corrected chi connectivity index (χ1v) is 5.85. The lowest BCUT2D eigenvalue weighted by atomic mass is 10.1. The van der Waals surface area contributed by atoms with Crippen LogP contribution in [-0.4, -0.2) is 9.97 Å². The number of hydrogen-bond donors (Lipinski definition) is 1. The number of aromatic amines is 1. The first-order chi connectivity index (χ1) is 8.06.